The van der Waals surface area contributed by atoms with Crippen LogP contribution in [-0.2, 0) is 15.8 Å². The van der Waals surface area contributed by atoms with Gasteiger partial charge in [-0.05, 0) is 51.5 Å². The van der Waals surface area contributed by atoms with Crippen LogP contribution in [0.25, 0.3) is 6.08 Å². The highest BCUT2D eigenvalue weighted by Crippen LogP contribution is 2.29. The predicted molar refractivity (Wildman–Crippen MR) is 90.6 cm³/mol. The van der Waals surface area contributed by atoms with E-state index in [0.29, 0.717) is 6.54 Å². The zero-order chi connectivity index (χ0) is 19.3. The molecule has 25 heavy (non-hydrogen) atoms. The standard InChI is InChI=1S/C18H23F3N2O2/c1-5-23(12-15(24)22-17(2,3)4)16(25)10-9-13-7-6-8-14(11-13)18(19,20)21/h6-11H,5,12H2,1-4H3,(H,22,24)/b10-9+. The van der Waals surface area contributed by atoms with E-state index in [1.807, 2.05) is 20.8 Å². The van der Waals surface area contributed by atoms with Crippen LogP contribution in [0.5, 0.6) is 0 Å². The molecule has 4 nitrogen and oxygen atoms in total. The minimum absolute atomic E-state index is 0.112. The number of nitrogens with zero attached hydrogens (tertiary/aromatic N) is 1. The van der Waals surface area contributed by atoms with Gasteiger partial charge >= 0.3 is 6.18 Å². The second-order valence-corrected chi connectivity index (χ2v) is 6.61. The predicted octanol–water partition coefficient (Wildman–Crippen LogP) is 3.48. The lowest BCUT2D eigenvalue weighted by atomic mass is 10.1. The fourth-order valence-corrected chi connectivity index (χ4v) is 2.07. The van der Waals surface area contributed by atoms with E-state index in [9.17, 15) is 22.8 Å². The summed E-state index contributed by atoms with van der Waals surface area (Å²) in [5.74, 6) is -0.737. The Morgan fingerprint density at radius 3 is 2.36 bits per heavy atom. The van der Waals surface area contributed by atoms with Gasteiger partial charge in [0.1, 0.15) is 0 Å². The number of alkyl halides is 3. The Kier molecular flexibility index (Phi) is 6.78. The molecule has 0 aliphatic carbocycles. The minimum atomic E-state index is -4.44. The topological polar surface area (TPSA) is 49.4 Å². The highest BCUT2D eigenvalue weighted by Gasteiger charge is 2.30. The Morgan fingerprint density at radius 1 is 1.20 bits per heavy atom. The van der Waals surface area contributed by atoms with E-state index in [-0.39, 0.29) is 18.0 Å². The summed E-state index contributed by atoms with van der Waals surface area (Å²) in [6.45, 7) is 7.41. The third-order valence-electron chi connectivity index (χ3n) is 3.17. The molecular formula is C18H23F3N2O2. The molecule has 0 heterocycles. The molecule has 138 valence electrons. The summed E-state index contributed by atoms with van der Waals surface area (Å²) in [5, 5.41) is 2.75. The van der Waals surface area contributed by atoms with Crippen molar-refractivity contribution in [3.8, 4) is 0 Å². The van der Waals surface area contributed by atoms with Gasteiger partial charge < -0.3 is 10.2 Å². The maximum absolute atomic E-state index is 12.7. The summed E-state index contributed by atoms with van der Waals surface area (Å²) in [6, 6.07) is 4.68. The van der Waals surface area contributed by atoms with E-state index < -0.39 is 23.2 Å². The van der Waals surface area contributed by atoms with Crippen LogP contribution >= 0.6 is 0 Å². The van der Waals surface area contributed by atoms with Crippen LogP contribution in [0.3, 0.4) is 0 Å². The van der Waals surface area contributed by atoms with Gasteiger partial charge in [-0.15, -0.1) is 0 Å². The summed E-state index contributed by atoms with van der Waals surface area (Å²) in [7, 11) is 0. The Hall–Kier alpha value is -2.31. The van der Waals surface area contributed by atoms with Crippen molar-refractivity contribution in [2.45, 2.75) is 39.4 Å². The first-order valence-corrected chi connectivity index (χ1v) is 7.87. The zero-order valence-electron chi connectivity index (χ0n) is 14.8. The first-order valence-electron chi connectivity index (χ1n) is 7.87. The Balaban J connectivity index is 2.78. The lowest BCUT2D eigenvalue weighted by Crippen LogP contribution is -2.47. The number of halogens is 3. The van der Waals surface area contributed by atoms with Crippen molar-refractivity contribution >= 4 is 17.9 Å². The number of carbonyl (C=O) groups is 2. The summed E-state index contributed by atoms with van der Waals surface area (Å²) in [5.41, 5.74) is -0.926. The molecule has 1 aromatic rings. The summed E-state index contributed by atoms with van der Waals surface area (Å²) < 4.78 is 38.1. The minimum Gasteiger partial charge on any atom is -0.350 e. The van der Waals surface area contributed by atoms with Crippen LogP contribution in [0.2, 0.25) is 0 Å². The molecule has 1 aromatic carbocycles. The van der Waals surface area contributed by atoms with E-state index >= 15 is 0 Å². The monoisotopic (exact) mass is 356 g/mol. The van der Waals surface area contributed by atoms with Gasteiger partial charge in [0.2, 0.25) is 11.8 Å². The van der Waals surface area contributed by atoms with Crippen molar-refractivity contribution in [1.82, 2.24) is 10.2 Å². The van der Waals surface area contributed by atoms with Gasteiger partial charge in [0.15, 0.2) is 0 Å². The van der Waals surface area contributed by atoms with Crippen molar-refractivity contribution in [3.63, 3.8) is 0 Å². The van der Waals surface area contributed by atoms with E-state index in [0.717, 1.165) is 12.1 Å². The lowest BCUT2D eigenvalue weighted by molar-refractivity contribution is -0.137. The SMILES string of the molecule is CCN(CC(=O)NC(C)(C)C)C(=O)/C=C/c1cccc(C(F)(F)F)c1. The van der Waals surface area contributed by atoms with E-state index in [1.165, 1.54) is 29.2 Å². The average molecular weight is 356 g/mol. The number of benzene rings is 1. The fraction of sp³-hybridized carbons (Fsp3) is 0.444. The number of carbonyl (C=O) groups excluding carboxylic acids is 2. The van der Waals surface area contributed by atoms with Gasteiger partial charge in [-0.1, -0.05) is 12.1 Å². The van der Waals surface area contributed by atoms with E-state index in [1.54, 1.807) is 6.92 Å². The summed E-state index contributed by atoms with van der Waals surface area (Å²) in [6.07, 6.45) is -1.96. The molecule has 1 N–H and O–H groups in total. The van der Waals surface area contributed by atoms with Gasteiger partial charge in [-0.25, -0.2) is 0 Å². The number of amides is 2. The number of rotatable bonds is 5. The van der Waals surface area contributed by atoms with Gasteiger partial charge in [-0.3, -0.25) is 9.59 Å². The maximum atomic E-state index is 12.7. The van der Waals surface area contributed by atoms with Crippen molar-refractivity contribution in [1.29, 1.82) is 0 Å². The van der Waals surface area contributed by atoms with Crippen molar-refractivity contribution in [3.05, 3.63) is 41.5 Å². The fourth-order valence-electron chi connectivity index (χ4n) is 2.07. The molecule has 0 unspecified atom stereocenters. The van der Waals surface area contributed by atoms with Crippen LogP contribution in [0.1, 0.15) is 38.8 Å². The summed E-state index contributed by atoms with van der Waals surface area (Å²) >= 11 is 0. The molecule has 0 saturated carbocycles. The Morgan fingerprint density at radius 2 is 1.84 bits per heavy atom. The molecule has 2 amide bonds. The highest BCUT2D eigenvalue weighted by atomic mass is 19.4. The Labute approximate surface area is 145 Å². The van der Waals surface area contributed by atoms with Crippen LogP contribution in [-0.4, -0.2) is 35.3 Å². The molecule has 0 spiro atoms. The molecule has 0 fully saturated rings. The van der Waals surface area contributed by atoms with E-state index in [4.69, 9.17) is 0 Å². The molecular weight excluding hydrogens is 333 g/mol. The molecule has 0 saturated heterocycles. The molecule has 0 atom stereocenters. The molecule has 0 aromatic heterocycles. The van der Waals surface area contributed by atoms with Crippen LogP contribution in [0.4, 0.5) is 13.2 Å². The molecule has 1 rings (SSSR count). The Bertz CT molecular complexity index is 646. The molecule has 0 aliphatic rings. The second kappa shape index (κ2) is 8.18. The van der Waals surface area contributed by atoms with Crippen LogP contribution in [0.15, 0.2) is 30.3 Å². The van der Waals surface area contributed by atoms with Gasteiger partial charge in [0, 0.05) is 18.2 Å². The highest BCUT2D eigenvalue weighted by molar-refractivity contribution is 5.94. The van der Waals surface area contributed by atoms with Gasteiger partial charge in [-0.2, -0.15) is 13.2 Å². The van der Waals surface area contributed by atoms with Crippen LogP contribution < -0.4 is 5.32 Å². The van der Waals surface area contributed by atoms with Gasteiger partial charge in [0.05, 0.1) is 12.1 Å². The average Bonchev–Trinajstić information content (AvgIpc) is 2.48. The zero-order valence-corrected chi connectivity index (χ0v) is 14.8. The third-order valence-corrected chi connectivity index (χ3v) is 3.17. The maximum Gasteiger partial charge on any atom is 0.416 e. The van der Waals surface area contributed by atoms with Gasteiger partial charge in [0.25, 0.3) is 0 Å². The quantitative estimate of drug-likeness (QED) is 0.821. The number of hydrogen-bond acceptors (Lipinski definition) is 2. The van der Waals surface area contributed by atoms with E-state index in [2.05, 4.69) is 5.32 Å². The summed E-state index contributed by atoms with van der Waals surface area (Å²) in [4.78, 5) is 25.4. The first kappa shape index (κ1) is 20.7. The third kappa shape index (κ3) is 7.41. The number of hydrogen-bond donors (Lipinski definition) is 1. The molecule has 0 radical (unpaired) electrons. The van der Waals surface area contributed by atoms with Crippen molar-refractivity contribution in [2.24, 2.45) is 0 Å². The largest absolute Gasteiger partial charge is 0.416 e. The number of likely N-dealkylation sites (N-methyl/N-ethyl adjacent to an activating group) is 1. The van der Waals surface area contributed by atoms with Crippen molar-refractivity contribution in [2.75, 3.05) is 13.1 Å². The first-order chi connectivity index (χ1) is 11.4. The second-order valence-electron chi connectivity index (χ2n) is 6.61. The number of nitrogens with one attached hydrogen (secondary N) is 1. The van der Waals surface area contributed by atoms with Crippen molar-refractivity contribution < 1.29 is 22.8 Å². The molecule has 0 aliphatic heterocycles. The van der Waals surface area contributed by atoms with Crippen LogP contribution in [0, 0.1) is 0 Å². The smallest absolute Gasteiger partial charge is 0.350 e. The lowest BCUT2D eigenvalue weighted by Gasteiger charge is -2.24. The normalized spacial score (nSPS) is 12.3. The molecule has 7 heteroatoms. The molecule has 0 bridgehead atoms.